The van der Waals surface area contributed by atoms with Gasteiger partial charge in [-0.1, -0.05) is 35.3 Å². The van der Waals surface area contributed by atoms with Crippen molar-refractivity contribution < 1.29 is 19.4 Å². The summed E-state index contributed by atoms with van der Waals surface area (Å²) in [6, 6.07) is 7.40. The molecule has 1 aliphatic rings. The average Bonchev–Trinajstić information content (AvgIpc) is 3.16. The number of β-amino-alcohol motifs (C(OH)–C–C–N with tert-alkyl or cyclic N) is 1. The minimum Gasteiger partial charge on any atom is -0.497 e. The maximum Gasteiger partial charge on any atom is 0.407 e. The van der Waals surface area contributed by atoms with Crippen molar-refractivity contribution in [2.75, 3.05) is 13.7 Å². The molecule has 1 aromatic heterocycles. The molecular formula is C17H20Cl2N4O4. The molecule has 0 bridgehead atoms. The summed E-state index contributed by atoms with van der Waals surface area (Å²) >= 11 is 11.5. The summed E-state index contributed by atoms with van der Waals surface area (Å²) in [6.45, 7) is 0.423. The van der Waals surface area contributed by atoms with Gasteiger partial charge in [0.15, 0.2) is 5.15 Å². The van der Waals surface area contributed by atoms with Gasteiger partial charge in [-0.2, -0.15) is 0 Å². The van der Waals surface area contributed by atoms with E-state index in [0.29, 0.717) is 18.8 Å². The summed E-state index contributed by atoms with van der Waals surface area (Å²) in [6.07, 6.45) is -1.52. The Morgan fingerprint density at radius 1 is 1.37 bits per heavy atom. The number of nitrogens with one attached hydrogen (secondary N) is 3. The molecule has 1 saturated heterocycles. The van der Waals surface area contributed by atoms with Crippen LogP contribution in [0.25, 0.3) is 0 Å². The third kappa shape index (κ3) is 5.04. The zero-order valence-electron chi connectivity index (χ0n) is 14.5. The van der Waals surface area contributed by atoms with E-state index in [9.17, 15) is 9.90 Å². The van der Waals surface area contributed by atoms with E-state index < -0.39 is 18.3 Å². The van der Waals surface area contributed by atoms with Crippen molar-refractivity contribution in [1.82, 2.24) is 20.6 Å². The van der Waals surface area contributed by atoms with E-state index in [1.807, 2.05) is 24.3 Å². The molecule has 1 aliphatic heterocycles. The number of carbonyl (C=O) groups is 1. The predicted octanol–water partition coefficient (Wildman–Crippen LogP) is 1.90. The van der Waals surface area contributed by atoms with Crippen molar-refractivity contribution >= 4 is 29.3 Å². The fourth-order valence-corrected chi connectivity index (χ4v) is 3.22. The van der Waals surface area contributed by atoms with E-state index in [4.69, 9.17) is 32.7 Å². The fraction of sp³-hybridized carbons (Fsp3) is 0.412. The zero-order chi connectivity index (χ0) is 19.4. The Kier molecular flexibility index (Phi) is 6.43. The maximum absolute atomic E-state index is 12.1. The monoisotopic (exact) mass is 414 g/mol. The smallest absolute Gasteiger partial charge is 0.407 e. The largest absolute Gasteiger partial charge is 0.497 e. The second-order valence-electron chi connectivity index (χ2n) is 6.15. The van der Waals surface area contributed by atoms with Crippen LogP contribution < -0.4 is 15.4 Å². The topological polar surface area (TPSA) is 108 Å². The Morgan fingerprint density at radius 3 is 2.74 bits per heavy atom. The molecular weight excluding hydrogens is 395 g/mol. The molecule has 0 radical (unpaired) electrons. The van der Waals surface area contributed by atoms with Crippen LogP contribution in [0.4, 0.5) is 4.79 Å². The number of H-pyrrole nitrogens is 1. The number of rotatable bonds is 6. The molecule has 8 nitrogen and oxygen atoms in total. The lowest BCUT2D eigenvalue weighted by molar-refractivity contribution is 0.0187. The van der Waals surface area contributed by atoms with Crippen molar-refractivity contribution in [2.45, 2.75) is 31.2 Å². The van der Waals surface area contributed by atoms with Gasteiger partial charge in [-0.3, -0.25) is 0 Å². The Hall–Kier alpha value is -2.00. The van der Waals surface area contributed by atoms with E-state index in [1.165, 1.54) is 0 Å². The van der Waals surface area contributed by atoms with Crippen LogP contribution in [0.5, 0.6) is 5.75 Å². The molecule has 10 heteroatoms. The number of aliphatic hydroxyl groups is 1. The van der Waals surface area contributed by atoms with Crippen LogP contribution in [-0.4, -0.2) is 53.1 Å². The van der Waals surface area contributed by atoms with Gasteiger partial charge in [0.05, 0.1) is 19.7 Å². The lowest BCUT2D eigenvalue weighted by Crippen LogP contribution is -2.41. The highest BCUT2D eigenvalue weighted by Gasteiger charge is 2.37. The fourth-order valence-electron chi connectivity index (χ4n) is 2.92. The maximum atomic E-state index is 12.1. The summed E-state index contributed by atoms with van der Waals surface area (Å²) in [5, 5.41) is 16.2. The van der Waals surface area contributed by atoms with Gasteiger partial charge in [-0.05, 0) is 24.1 Å². The highest BCUT2D eigenvalue weighted by molar-refractivity contribution is 6.40. The third-order valence-electron chi connectivity index (χ3n) is 4.29. The molecule has 3 atom stereocenters. The first kappa shape index (κ1) is 19.8. The number of carbonyl (C=O) groups excluding carboxylic acids is 1. The van der Waals surface area contributed by atoms with E-state index >= 15 is 0 Å². The molecule has 3 rings (SSSR count). The predicted molar refractivity (Wildman–Crippen MR) is 100 cm³/mol. The van der Waals surface area contributed by atoms with Gasteiger partial charge in [0.25, 0.3) is 0 Å². The number of benzene rings is 1. The number of aliphatic hydroxyl groups excluding tert-OH is 1. The van der Waals surface area contributed by atoms with Crippen molar-refractivity contribution in [3.63, 3.8) is 0 Å². The lowest BCUT2D eigenvalue weighted by Gasteiger charge is -2.22. The van der Waals surface area contributed by atoms with E-state index in [-0.39, 0.29) is 22.9 Å². The molecule has 0 spiro atoms. The summed E-state index contributed by atoms with van der Waals surface area (Å²) in [7, 11) is 1.61. The molecule has 1 aromatic carbocycles. The molecule has 0 saturated carbocycles. The Bertz CT molecular complexity index is 764. The Labute approximate surface area is 166 Å². The zero-order valence-corrected chi connectivity index (χ0v) is 16.0. The molecule has 2 aromatic rings. The van der Waals surface area contributed by atoms with Crippen molar-refractivity contribution in [3.05, 3.63) is 46.0 Å². The van der Waals surface area contributed by atoms with Gasteiger partial charge in [-0.25, -0.2) is 9.78 Å². The molecule has 146 valence electrons. The number of halogens is 2. The van der Waals surface area contributed by atoms with Crippen molar-refractivity contribution in [2.24, 2.45) is 0 Å². The van der Waals surface area contributed by atoms with Crippen LogP contribution in [0.3, 0.4) is 0 Å². The number of ether oxygens (including phenoxy) is 2. The number of hydrogen-bond acceptors (Lipinski definition) is 6. The Morgan fingerprint density at radius 2 is 2.11 bits per heavy atom. The standard InChI is InChI=1S/C17H20Cl2N4O4/c1-26-10-4-2-9(3-5-10)6-11-14(12(24)7-20-11)27-17(25)21-8-13-22-15(18)16(19)23-13/h2-5,11-12,14,20,24H,6-8H2,1H3,(H,21,25)(H,22,23)/t11-,12+,14+/m1/s1. The lowest BCUT2D eigenvalue weighted by atomic mass is 10.0. The second kappa shape index (κ2) is 8.79. The quantitative estimate of drug-likeness (QED) is 0.574. The summed E-state index contributed by atoms with van der Waals surface area (Å²) in [4.78, 5) is 18.8. The summed E-state index contributed by atoms with van der Waals surface area (Å²) < 4.78 is 10.6. The number of alkyl carbamates (subject to hydrolysis) is 1. The highest BCUT2D eigenvalue weighted by atomic mass is 35.5. The van der Waals surface area contributed by atoms with Crippen LogP contribution in [0.15, 0.2) is 24.3 Å². The van der Waals surface area contributed by atoms with Crippen molar-refractivity contribution in [3.8, 4) is 5.75 Å². The third-order valence-corrected chi connectivity index (χ3v) is 4.93. The van der Waals surface area contributed by atoms with Gasteiger partial charge in [-0.15, -0.1) is 0 Å². The molecule has 1 fully saturated rings. The van der Waals surface area contributed by atoms with Gasteiger partial charge in [0, 0.05) is 6.54 Å². The van der Waals surface area contributed by atoms with Crippen LogP contribution in [0.2, 0.25) is 10.3 Å². The number of aromatic amines is 1. The molecule has 4 N–H and O–H groups in total. The molecule has 1 amide bonds. The first-order valence-corrected chi connectivity index (χ1v) is 9.10. The SMILES string of the molecule is COc1ccc(C[C@H]2NC[C@H](O)[C@H]2OC(=O)NCc2nc(Cl)c(Cl)[nH]2)cc1. The van der Waals surface area contributed by atoms with E-state index in [1.54, 1.807) is 7.11 Å². The van der Waals surface area contributed by atoms with Gasteiger partial charge >= 0.3 is 6.09 Å². The highest BCUT2D eigenvalue weighted by Crippen LogP contribution is 2.20. The number of hydrogen-bond donors (Lipinski definition) is 4. The van der Waals surface area contributed by atoms with E-state index in [0.717, 1.165) is 11.3 Å². The second-order valence-corrected chi connectivity index (χ2v) is 6.88. The summed E-state index contributed by atoms with van der Waals surface area (Å²) in [5.74, 6) is 1.17. The molecule has 2 heterocycles. The van der Waals surface area contributed by atoms with Gasteiger partial charge in [0.1, 0.15) is 28.9 Å². The number of amides is 1. The van der Waals surface area contributed by atoms with Gasteiger partial charge < -0.3 is 30.2 Å². The number of methoxy groups -OCH3 is 1. The number of nitrogens with zero attached hydrogens (tertiary/aromatic N) is 1. The van der Waals surface area contributed by atoms with E-state index in [2.05, 4.69) is 20.6 Å². The molecule has 27 heavy (non-hydrogen) atoms. The van der Waals surface area contributed by atoms with Crippen LogP contribution in [0, 0.1) is 0 Å². The minimum absolute atomic E-state index is 0.0741. The van der Waals surface area contributed by atoms with Gasteiger partial charge in [0.2, 0.25) is 0 Å². The normalized spacial score (nSPS) is 21.9. The number of imidazole rings is 1. The molecule has 0 unspecified atom stereocenters. The first-order valence-electron chi connectivity index (χ1n) is 8.35. The molecule has 0 aliphatic carbocycles. The summed E-state index contributed by atoms with van der Waals surface area (Å²) in [5.41, 5.74) is 1.04. The Balaban J connectivity index is 1.55. The average molecular weight is 415 g/mol. The van der Waals surface area contributed by atoms with Crippen LogP contribution in [0.1, 0.15) is 11.4 Å². The van der Waals surface area contributed by atoms with Crippen molar-refractivity contribution in [1.29, 1.82) is 0 Å². The number of aromatic nitrogens is 2. The van der Waals surface area contributed by atoms with Crippen LogP contribution in [-0.2, 0) is 17.7 Å². The minimum atomic E-state index is -0.786. The van der Waals surface area contributed by atoms with Crippen LogP contribution >= 0.6 is 23.2 Å². The first-order chi connectivity index (χ1) is 13.0.